The van der Waals surface area contributed by atoms with Crippen molar-refractivity contribution in [1.82, 2.24) is 0 Å². The molecule has 2 rings (SSSR count). The molecular weight excluding hydrogens is 174 g/mol. The van der Waals surface area contributed by atoms with Crippen molar-refractivity contribution in [2.24, 2.45) is 0 Å². The summed E-state index contributed by atoms with van der Waals surface area (Å²) in [5, 5.41) is 13.2. The fourth-order valence-electron chi connectivity index (χ4n) is 1.92. The minimum atomic E-state index is -0.660. The van der Waals surface area contributed by atoms with E-state index in [1.807, 2.05) is 13.8 Å². The smallest absolute Gasteiger partial charge is 0.0795 e. The van der Waals surface area contributed by atoms with E-state index in [0.29, 0.717) is 0 Å². The van der Waals surface area contributed by atoms with Crippen LogP contribution in [-0.4, -0.2) is 16.7 Å². The van der Waals surface area contributed by atoms with Gasteiger partial charge in [0.15, 0.2) is 0 Å². The molecule has 1 aliphatic rings. The first kappa shape index (κ1) is 9.53. The first-order valence-corrected chi connectivity index (χ1v) is 5.05. The fourth-order valence-corrected chi connectivity index (χ4v) is 1.92. The molecule has 14 heavy (non-hydrogen) atoms. The lowest BCUT2D eigenvalue weighted by Gasteiger charge is -2.25. The maximum absolute atomic E-state index is 9.90. The lowest BCUT2D eigenvalue weighted by Crippen LogP contribution is -2.40. The molecule has 1 aromatic rings. The van der Waals surface area contributed by atoms with E-state index in [4.69, 9.17) is 0 Å². The SMILES string of the molecule is Cc1ccc2c(c1)CC(C(C)(C)O)N2. The van der Waals surface area contributed by atoms with Crippen molar-refractivity contribution in [3.8, 4) is 0 Å². The van der Waals surface area contributed by atoms with E-state index in [9.17, 15) is 5.11 Å². The number of nitrogens with one attached hydrogen (secondary N) is 1. The molecular formula is C12H17NO. The van der Waals surface area contributed by atoms with Crippen LogP contribution in [0.5, 0.6) is 0 Å². The molecule has 0 radical (unpaired) electrons. The number of hydrogen-bond acceptors (Lipinski definition) is 2. The second-order valence-corrected chi connectivity index (χ2v) is 4.72. The normalized spacial score (nSPS) is 20.4. The van der Waals surface area contributed by atoms with Gasteiger partial charge in [0.1, 0.15) is 0 Å². The highest BCUT2D eigenvalue weighted by atomic mass is 16.3. The molecule has 0 aliphatic carbocycles. The van der Waals surface area contributed by atoms with E-state index in [-0.39, 0.29) is 6.04 Å². The zero-order valence-electron chi connectivity index (χ0n) is 8.96. The molecule has 1 aromatic carbocycles. The summed E-state index contributed by atoms with van der Waals surface area (Å²) < 4.78 is 0. The Morgan fingerprint density at radius 2 is 2.14 bits per heavy atom. The van der Waals surface area contributed by atoms with Gasteiger partial charge in [0.25, 0.3) is 0 Å². The van der Waals surface area contributed by atoms with E-state index in [0.717, 1.165) is 6.42 Å². The molecule has 1 atom stereocenters. The van der Waals surface area contributed by atoms with Crippen LogP contribution in [0.3, 0.4) is 0 Å². The van der Waals surface area contributed by atoms with Crippen molar-refractivity contribution in [2.45, 2.75) is 38.8 Å². The highest BCUT2D eigenvalue weighted by Crippen LogP contribution is 2.30. The van der Waals surface area contributed by atoms with Gasteiger partial charge in [0.2, 0.25) is 0 Å². The Morgan fingerprint density at radius 1 is 1.43 bits per heavy atom. The molecule has 0 saturated carbocycles. The molecule has 2 N–H and O–H groups in total. The molecule has 1 heterocycles. The van der Waals surface area contributed by atoms with Crippen molar-refractivity contribution in [1.29, 1.82) is 0 Å². The Kier molecular flexibility index (Phi) is 2.04. The van der Waals surface area contributed by atoms with Gasteiger partial charge in [-0.2, -0.15) is 0 Å². The number of hydrogen-bond donors (Lipinski definition) is 2. The summed E-state index contributed by atoms with van der Waals surface area (Å²) in [4.78, 5) is 0. The number of benzene rings is 1. The molecule has 0 bridgehead atoms. The molecule has 0 spiro atoms. The summed E-state index contributed by atoms with van der Waals surface area (Å²) in [6, 6.07) is 6.52. The minimum absolute atomic E-state index is 0.138. The molecule has 1 unspecified atom stereocenters. The van der Waals surface area contributed by atoms with Gasteiger partial charge in [-0.15, -0.1) is 0 Å². The Morgan fingerprint density at radius 3 is 2.79 bits per heavy atom. The number of fused-ring (bicyclic) bond motifs is 1. The zero-order valence-corrected chi connectivity index (χ0v) is 8.96. The molecule has 2 heteroatoms. The van der Waals surface area contributed by atoms with Gasteiger partial charge in [0.05, 0.1) is 11.6 Å². The summed E-state index contributed by atoms with van der Waals surface area (Å²) in [5.74, 6) is 0. The Hall–Kier alpha value is -1.02. The van der Waals surface area contributed by atoms with E-state index >= 15 is 0 Å². The van der Waals surface area contributed by atoms with Gasteiger partial charge in [-0.1, -0.05) is 17.7 Å². The summed E-state index contributed by atoms with van der Waals surface area (Å²) >= 11 is 0. The second kappa shape index (κ2) is 2.99. The molecule has 0 aromatic heterocycles. The summed E-state index contributed by atoms with van der Waals surface area (Å²) in [5.41, 5.74) is 3.11. The molecule has 76 valence electrons. The van der Waals surface area contributed by atoms with E-state index in [2.05, 4.69) is 30.4 Å². The molecule has 0 amide bonds. The maximum atomic E-state index is 9.90. The maximum Gasteiger partial charge on any atom is 0.0795 e. The third-order valence-corrected chi connectivity index (χ3v) is 2.87. The standard InChI is InChI=1S/C12H17NO/c1-8-4-5-10-9(6-8)7-11(13-10)12(2,3)14/h4-6,11,13-14H,7H2,1-3H3. The van der Waals surface area contributed by atoms with E-state index in [1.54, 1.807) is 0 Å². The average Bonchev–Trinajstić information content (AvgIpc) is 2.45. The predicted molar refractivity (Wildman–Crippen MR) is 58.6 cm³/mol. The molecule has 0 fully saturated rings. The van der Waals surface area contributed by atoms with Crippen molar-refractivity contribution in [3.05, 3.63) is 29.3 Å². The Bertz CT molecular complexity index is 352. The van der Waals surface area contributed by atoms with Gasteiger partial charge in [0, 0.05) is 5.69 Å². The largest absolute Gasteiger partial charge is 0.388 e. The predicted octanol–water partition coefficient (Wildman–Crippen LogP) is 2.10. The number of aliphatic hydroxyl groups is 1. The monoisotopic (exact) mass is 191 g/mol. The van der Waals surface area contributed by atoms with Gasteiger partial charge >= 0.3 is 0 Å². The van der Waals surface area contributed by atoms with Crippen LogP contribution >= 0.6 is 0 Å². The first-order chi connectivity index (χ1) is 6.47. The Labute approximate surface area is 85.0 Å². The topological polar surface area (TPSA) is 32.3 Å². The van der Waals surface area contributed by atoms with Crippen LogP contribution in [0, 0.1) is 6.92 Å². The number of aryl methyl sites for hydroxylation is 1. The van der Waals surface area contributed by atoms with Crippen molar-refractivity contribution >= 4 is 5.69 Å². The van der Waals surface area contributed by atoms with Crippen LogP contribution in [0.2, 0.25) is 0 Å². The second-order valence-electron chi connectivity index (χ2n) is 4.72. The van der Waals surface area contributed by atoms with Gasteiger partial charge in [-0.3, -0.25) is 0 Å². The molecule has 2 nitrogen and oxygen atoms in total. The van der Waals surface area contributed by atoms with Gasteiger partial charge in [-0.25, -0.2) is 0 Å². The van der Waals surface area contributed by atoms with E-state index in [1.165, 1.54) is 16.8 Å². The lowest BCUT2D eigenvalue weighted by atomic mass is 9.96. The number of rotatable bonds is 1. The number of anilines is 1. The first-order valence-electron chi connectivity index (χ1n) is 5.05. The average molecular weight is 191 g/mol. The summed E-state index contributed by atoms with van der Waals surface area (Å²) in [6.45, 7) is 5.80. The van der Waals surface area contributed by atoms with E-state index < -0.39 is 5.60 Å². The third-order valence-electron chi connectivity index (χ3n) is 2.87. The summed E-state index contributed by atoms with van der Waals surface area (Å²) in [7, 11) is 0. The van der Waals surface area contributed by atoms with Gasteiger partial charge < -0.3 is 10.4 Å². The fraction of sp³-hybridized carbons (Fsp3) is 0.500. The minimum Gasteiger partial charge on any atom is -0.388 e. The van der Waals surface area contributed by atoms with Crippen molar-refractivity contribution in [3.63, 3.8) is 0 Å². The molecule has 1 aliphatic heterocycles. The van der Waals surface area contributed by atoms with Crippen LogP contribution in [0.15, 0.2) is 18.2 Å². The highest BCUT2D eigenvalue weighted by Gasteiger charge is 2.32. The lowest BCUT2D eigenvalue weighted by molar-refractivity contribution is 0.0614. The van der Waals surface area contributed by atoms with Crippen LogP contribution in [-0.2, 0) is 6.42 Å². The van der Waals surface area contributed by atoms with Crippen LogP contribution in [0.1, 0.15) is 25.0 Å². The molecule has 0 saturated heterocycles. The quantitative estimate of drug-likeness (QED) is 0.712. The zero-order chi connectivity index (χ0) is 10.3. The van der Waals surface area contributed by atoms with Crippen molar-refractivity contribution in [2.75, 3.05) is 5.32 Å². The summed E-state index contributed by atoms with van der Waals surface area (Å²) in [6.07, 6.45) is 0.917. The van der Waals surface area contributed by atoms with Gasteiger partial charge in [-0.05, 0) is 38.8 Å². The third kappa shape index (κ3) is 1.62. The highest BCUT2D eigenvalue weighted by molar-refractivity contribution is 5.58. The van der Waals surface area contributed by atoms with Crippen LogP contribution in [0.25, 0.3) is 0 Å². The van der Waals surface area contributed by atoms with Crippen molar-refractivity contribution < 1.29 is 5.11 Å². The Balaban J connectivity index is 2.26. The van der Waals surface area contributed by atoms with Crippen LogP contribution < -0.4 is 5.32 Å². The van der Waals surface area contributed by atoms with Crippen LogP contribution in [0.4, 0.5) is 5.69 Å².